The highest BCUT2D eigenvalue weighted by Crippen LogP contribution is 2.27. The third-order valence-corrected chi connectivity index (χ3v) is 2.55. The van der Waals surface area contributed by atoms with Crippen LogP contribution in [-0.4, -0.2) is 17.5 Å². The van der Waals surface area contributed by atoms with Crippen molar-refractivity contribution in [2.75, 3.05) is 4.90 Å². The predicted molar refractivity (Wildman–Crippen MR) is 56.5 cm³/mol. The third-order valence-electron chi connectivity index (χ3n) is 2.55. The van der Waals surface area contributed by atoms with Crippen LogP contribution in [0, 0.1) is 0 Å². The minimum Gasteiger partial charge on any atom is -0.279 e. The van der Waals surface area contributed by atoms with Crippen LogP contribution < -0.4 is 10.2 Å². The lowest BCUT2D eigenvalue weighted by Crippen LogP contribution is -2.44. The molecule has 1 aromatic rings. The van der Waals surface area contributed by atoms with E-state index in [1.165, 1.54) is 4.90 Å². The van der Waals surface area contributed by atoms with E-state index in [0.29, 0.717) is 0 Å². The Kier molecular flexibility index (Phi) is 2.00. The summed E-state index contributed by atoms with van der Waals surface area (Å²) in [6, 6.07) is 8.78. The largest absolute Gasteiger partial charge is 0.329 e. The van der Waals surface area contributed by atoms with Gasteiger partial charge in [-0.2, -0.15) is 0 Å². The van der Waals surface area contributed by atoms with Gasteiger partial charge in [-0.1, -0.05) is 18.2 Å². The average Bonchev–Trinajstić information content (AvgIpc) is 2.37. The van der Waals surface area contributed by atoms with E-state index in [1.54, 1.807) is 26.0 Å². The molecule has 1 fully saturated rings. The number of anilines is 1. The minimum absolute atomic E-state index is 0.267. The minimum atomic E-state index is -0.821. The van der Waals surface area contributed by atoms with Crippen LogP contribution in [0.25, 0.3) is 0 Å². The molecule has 1 aliphatic heterocycles. The smallest absolute Gasteiger partial charge is 0.279 e. The van der Waals surface area contributed by atoms with Crippen molar-refractivity contribution >= 4 is 17.6 Å². The number of carbonyl (C=O) groups is 2. The maximum atomic E-state index is 11.6. The van der Waals surface area contributed by atoms with Gasteiger partial charge in [-0.05, 0) is 26.0 Å². The molecule has 78 valence electrons. The quantitative estimate of drug-likeness (QED) is 0.705. The summed E-state index contributed by atoms with van der Waals surface area (Å²) in [5.74, 6) is -0.267. The van der Waals surface area contributed by atoms with Crippen LogP contribution in [0.2, 0.25) is 0 Å². The maximum absolute atomic E-state index is 11.6. The summed E-state index contributed by atoms with van der Waals surface area (Å²) in [7, 11) is 0. The molecule has 0 bridgehead atoms. The molecule has 0 atom stereocenters. The Balaban J connectivity index is 2.45. The van der Waals surface area contributed by atoms with Crippen molar-refractivity contribution in [3.8, 4) is 0 Å². The van der Waals surface area contributed by atoms with Crippen LogP contribution in [-0.2, 0) is 4.79 Å². The van der Waals surface area contributed by atoms with Crippen molar-refractivity contribution in [1.82, 2.24) is 5.32 Å². The fourth-order valence-electron chi connectivity index (χ4n) is 1.68. The fourth-order valence-corrected chi connectivity index (χ4v) is 1.68. The summed E-state index contributed by atoms with van der Waals surface area (Å²) < 4.78 is 0. The molecule has 15 heavy (non-hydrogen) atoms. The Morgan fingerprint density at radius 2 is 1.73 bits per heavy atom. The molecule has 1 aliphatic rings. The van der Waals surface area contributed by atoms with E-state index in [0.717, 1.165) is 5.69 Å². The zero-order chi connectivity index (χ0) is 11.1. The van der Waals surface area contributed by atoms with E-state index < -0.39 is 5.54 Å². The van der Waals surface area contributed by atoms with Gasteiger partial charge in [-0.15, -0.1) is 0 Å². The predicted octanol–water partition coefficient (Wildman–Crippen LogP) is 1.52. The van der Waals surface area contributed by atoms with Gasteiger partial charge in [-0.3, -0.25) is 15.0 Å². The van der Waals surface area contributed by atoms with Gasteiger partial charge >= 0.3 is 6.03 Å². The molecule has 0 radical (unpaired) electrons. The Labute approximate surface area is 87.9 Å². The molecule has 0 saturated carbocycles. The van der Waals surface area contributed by atoms with Gasteiger partial charge in [-0.25, -0.2) is 4.79 Å². The summed E-state index contributed by atoms with van der Waals surface area (Å²) in [6.45, 7) is 3.44. The number of nitrogens with zero attached hydrogens (tertiary/aromatic N) is 1. The molecule has 1 saturated heterocycles. The SMILES string of the molecule is CC1(C)C(=O)NC(=O)N1c1ccccc1. The first-order chi connectivity index (χ1) is 7.03. The molecule has 4 nitrogen and oxygen atoms in total. The number of imide groups is 1. The average molecular weight is 204 g/mol. The Morgan fingerprint density at radius 3 is 2.20 bits per heavy atom. The number of amides is 3. The van der Waals surface area contributed by atoms with Crippen molar-refractivity contribution in [2.24, 2.45) is 0 Å². The number of rotatable bonds is 1. The first kappa shape index (κ1) is 9.71. The molecule has 1 heterocycles. The van der Waals surface area contributed by atoms with Crippen LogP contribution >= 0.6 is 0 Å². The highest BCUT2D eigenvalue weighted by Gasteiger charge is 2.46. The number of hydrogen-bond acceptors (Lipinski definition) is 2. The second kappa shape index (κ2) is 3.08. The molecule has 0 aliphatic carbocycles. The van der Waals surface area contributed by atoms with Crippen molar-refractivity contribution < 1.29 is 9.59 Å². The van der Waals surface area contributed by atoms with Gasteiger partial charge in [0.2, 0.25) is 0 Å². The summed E-state index contributed by atoms with van der Waals surface area (Å²) in [4.78, 5) is 24.6. The molecule has 3 amide bonds. The van der Waals surface area contributed by atoms with E-state index in [1.807, 2.05) is 18.2 Å². The lowest BCUT2D eigenvalue weighted by molar-refractivity contribution is -0.122. The molecule has 2 rings (SSSR count). The first-order valence-corrected chi connectivity index (χ1v) is 4.74. The second-order valence-electron chi connectivity index (χ2n) is 3.99. The number of carbonyl (C=O) groups excluding carboxylic acids is 2. The highest BCUT2D eigenvalue weighted by atomic mass is 16.2. The lowest BCUT2D eigenvalue weighted by atomic mass is 10.0. The summed E-state index contributed by atoms with van der Waals surface area (Å²) in [5, 5.41) is 2.30. The topological polar surface area (TPSA) is 49.4 Å². The van der Waals surface area contributed by atoms with Gasteiger partial charge in [0.25, 0.3) is 5.91 Å². The van der Waals surface area contributed by atoms with E-state index in [-0.39, 0.29) is 11.9 Å². The Morgan fingerprint density at radius 1 is 1.13 bits per heavy atom. The molecule has 1 aromatic carbocycles. The summed E-state index contributed by atoms with van der Waals surface area (Å²) in [5.41, 5.74) is -0.0934. The summed E-state index contributed by atoms with van der Waals surface area (Å²) in [6.07, 6.45) is 0. The van der Waals surface area contributed by atoms with E-state index in [4.69, 9.17) is 0 Å². The monoisotopic (exact) mass is 204 g/mol. The number of urea groups is 1. The third kappa shape index (κ3) is 1.38. The maximum Gasteiger partial charge on any atom is 0.329 e. The van der Waals surface area contributed by atoms with Crippen LogP contribution in [0.15, 0.2) is 30.3 Å². The molecule has 4 heteroatoms. The Hall–Kier alpha value is -1.84. The normalized spacial score (nSPS) is 19.2. The molecule has 0 spiro atoms. The van der Waals surface area contributed by atoms with Crippen LogP contribution in [0.1, 0.15) is 13.8 Å². The molecular weight excluding hydrogens is 192 g/mol. The van der Waals surface area contributed by atoms with Crippen molar-refractivity contribution in [2.45, 2.75) is 19.4 Å². The Bertz CT molecular complexity index is 412. The zero-order valence-corrected chi connectivity index (χ0v) is 8.65. The number of benzene rings is 1. The van der Waals surface area contributed by atoms with Gasteiger partial charge in [0, 0.05) is 5.69 Å². The van der Waals surface area contributed by atoms with Crippen molar-refractivity contribution in [1.29, 1.82) is 0 Å². The van der Waals surface area contributed by atoms with E-state index in [9.17, 15) is 9.59 Å². The fraction of sp³-hybridized carbons (Fsp3) is 0.273. The van der Waals surface area contributed by atoms with E-state index in [2.05, 4.69) is 5.32 Å². The van der Waals surface area contributed by atoms with Gasteiger partial charge in [0.05, 0.1) is 0 Å². The van der Waals surface area contributed by atoms with Crippen LogP contribution in [0.5, 0.6) is 0 Å². The first-order valence-electron chi connectivity index (χ1n) is 4.74. The molecular formula is C11H12N2O2. The standard InChI is InChI=1S/C11H12N2O2/c1-11(2)9(14)12-10(15)13(11)8-6-4-3-5-7-8/h3-7H,1-2H3,(H,12,14,15). The lowest BCUT2D eigenvalue weighted by Gasteiger charge is -2.27. The molecule has 0 aromatic heterocycles. The highest BCUT2D eigenvalue weighted by molar-refractivity contribution is 6.16. The second-order valence-corrected chi connectivity index (χ2v) is 3.99. The summed E-state index contributed by atoms with van der Waals surface area (Å²) >= 11 is 0. The van der Waals surface area contributed by atoms with E-state index >= 15 is 0 Å². The van der Waals surface area contributed by atoms with Crippen LogP contribution in [0.3, 0.4) is 0 Å². The van der Waals surface area contributed by atoms with Crippen molar-refractivity contribution in [3.63, 3.8) is 0 Å². The van der Waals surface area contributed by atoms with Crippen molar-refractivity contribution in [3.05, 3.63) is 30.3 Å². The number of nitrogens with one attached hydrogen (secondary N) is 1. The number of hydrogen-bond donors (Lipinski definition) is 1. The molecule has 0 unspecified atom stereocenters. The number of para-hydroxylation sites is 1. The molecule has 1 N–H and O–H groups in total. The van der Waals surface area contributed by atoms with Gasteiger partial charge in [0.15, 0.2) is 0 Å². The van der Waals surface area contributed by atoms with Gasteiger partial charge < -0.3 is 0 Å². The van der Waals surface area contributed by atoms with Crippen LogP contribution in [0.4, 0.5) is 10.5 Å². The van der Waals surface area contributed by atoms with Gasteiger partial charge in [0.1, 0.15) is 5.54 Å². The zero-order valence-electron chi connectivity index (χ0n) is 8.65.